The predicted molar refractivity (Wildman–Crippen MR) is 172 cm³/mol. The van der Waals surface area contributed by atoms with Crippen molar-refractivity contribution in [2.45, 2.75) is 0 Å². The molecule has 2 heteroatoms. The number of aromatic nitrogens is 2. The third kappa shape index (κ3) is 3.84. The van der Waals surface area contributed by atoms with Gasteiger partial charge in [0.05, 0.1) is 24.7 Å². The molecule has 8 aromatic rings. The molecule has 2 nitrogen and oxygen atoms in total. The first-order valence-electron chi connectivity index (χ1n) is 18.2. The van der Waals surface area contributed by atoms with E-state index in [-0.39, 0.29) is 41.1 Å². The van der Waals surface area contributed by atoms with Gasteiger partial charge < -0.3 is 0 Å². The second-order valence-corrected chi connectivity index (χ2v) is 9.65. The van der Waals surface area contributed by atoms with Crippen LogP contribution in [0.2, 0.25) is 0 Å². The van der Waals surface area contributed by atoms with Crippen molar-refractivity contribution < 1.29 is 13.7 Å². The zero-order valence-corrected chi connectivity index (χ0v) is 21.6. The monoisotopic (exact) mass is 532 g/mol. The number of hydrogen-bond acceptors (Lipinski definition) is 1. The van der Waals surface area contributed by atoms with E-state index in [1.54, 1.807) is 4.57 Å². The smallest absolute Gasteiger partial charge is 0.145 e. The minimum Gasteiger partial charge on any atom is -0.292 e. The van der Waals surface area contributed by atoms with E-state index in [9.17, 15) is 0 Å². The SMILES string of the molecule is [2H]c1c([2H])c([2H])c(-c2c3ccccc3c(-c3ccc(-n4c(-c5c([2H])c([2H])c([2H])c([2H])c5[2H])nc5ccccc54)cc3)c3ccccc23)c([2H])c1[2H]. The van der Waals surface area contributed by atoms with Crippen molar-refractivity contribution in [3.8, 4) is 39.3 Å². The maximum atomic E-state index is 8.80. The van der Waals surface area contributed by atoms with E-state index >= 15 is 0 Å². The Labute approximate surface area is 252 Å². The van der Waals surface area contributed by atoms with Crippen molar-refractivity contribution in [3.63, 3.8) is 0 Å². The van der Waals surface area contributed by atoms with E-state index in [0.29, 0.717) is 22.3 Å². The number of hydrogen-bond donors (Lipinski definition) is 0. The highest BCUT2D eigenvalue weighted by molar-refractivity contribution is 6.21. The van der Waals surface area contributed by atoms with Crippen molar-refractivity contribution in [1.29, 1.82) is 0 Å². The fourth-order valence-electron chi connectivity index (χ4n) is 5.68. The molecule has 0 radical (unpaired) electrons. The molecule has 192 valence electrons. The molecule has 0 saturated carbocycles. The Bertz CT molecular complexity index is 2640. The summed E-state index contributed by atoms with van der Waals surface area (Å²) in [4.78, 5) is 4.75. The lowest BCUT2D eigenvalue weighted by Crippen LogP contribution is -1.97. The van der Waals surface area contributed by atoms with Crippen molar-refractivity contribution in [2.75, 3.05) is 0 Å². The van der Waals surface area contributed by atoms with Crippen LogP contribution < -0.4 is 0 Å². The second-order valence-electron chi connectivity index (χ2n) is 9.65. The average Bonchev–Trinajstić information content (AvgIpc) is 3.53. The van der Waals surface area contributed by atoms with Crippen LogP contribution >= 0.6 is 0 Å². The molecule has 41 heavy (non-hydrogen) atoms. The van der Waals surface area contributed by atoms with Gasteiger partial charge in [0.15, 0.2) is 0 Å². The largest absolute Gasteiger partial charge is 0.292 e. The van der Waals surface area contributed by atoms with Crippen LogP contribution in [0.25, 0.3) is 71.9 Å². The summed E-state index contributed by atoms with van der Waals surface area (Å²) in [6.07, 6.45) is 0. The van der Waals surface area contributed by atoms with Gasteiger partial charge in [-0.05, 0) is 68.1 Å². The Balaban J connectivity index is 1.38. The lowest BCUT2D eigenvalue weighted by molar-refractivity contribution is 1.10. The lowest BCUT2D eigenvalue weighted by atomic mass is 9.86. The number of imidazole rings is 1. The molecule has 0 aliphatic rings. The quantitative estimate of drug-likeness (QED) is 0.206. The minimum atomic E-state index is -0.474. The molecule has 8 rings (SSSR count). The zero-order valence-electron chi connectivity index (χ0n) is 31.6. The molecule has 0 spiro atoms. The van der Waals surface area contributed by atoms with Crippen LogP contribution in [0.15, 0.2) is 157 Å². The average molecular weight is 533 g/mol. The molecule has 0 saturated heterocycles. The fraction of sp³-hybridized carbons (Fsp3) is 0. The summed E-state index contributed by atoms with van der Waals surface area (Å²) in [6, 6.07) is 26.5. The molecular weight excluding hydrogens is 496 g/mol. The molecule has 7 aromatic carbocycles. The lowest BCUT2D eigenvalue weighted by Gasteiger charge is -2.18. The number of nitrogens with zero attached hydrogens (tertiary/aromatic N) is 2. The first kappa shape index (κ1) is 15.4. The predicted octanol–water partition coefficient (Wildman–Crippen LogP) is 10.3. The summed E-state index contributed by atoms with van der Waals surface area (Å²) in [5.41, 5.74) is 4.42. The van der Waals surface area contributed by atoms with Gasteiger partial charge >= 0.3 is 0 Å². The molecule has 1 aromatic heterocycles. The highest BCUT2D eigenvalue weighted by atomic mass is 15.1. The van der Waals surface area contributed by atoms with E-state index in [4.69, 9.17) is 18.7 Å². The minimum absolute atomic E-state index is 0.00139. The maximum absolute atomic E-state index is 8.80. The third-order valence-electron chi connectivity index (χ3n) is 7.38. The standard InChI is InChI=1S/C39H26N2/c1-3-13-27(14-4-1)37-31-17-7-9-19-33(31)38(34-20-10-8-18-32(34)37)28-23-25-30(26-24-28)41-36-22-12-11-21-35(36)40-39(41)29-15-5-2-6-16-29/h1-26H/i1D,2D,3D,4D,5D,6D,13D,14D,15D,16D. The summed E-state index contributed by atoms with van der Waals surface area (Å²) >= 11 is 0. The molecule has 0 unspecified atom stereocenters. The second kappa shape index (κ2) is 9.62. The molecule has 0 atom stereocenters. The zero-order chi connectivity index (χ0) is 35.9. The summed E-state index contributed by atoms with van der Waals surface area (Å²) in [7, 11) is 0. The Morgan fingerprint density at radius 1 is 0.463 bits per heavy atom. The van der Waals surface area contributed by atoms with Crippen LogP contribution in [-0.4, -0.2) is 9.55 Å². The van der Waals surface area contributed by atoms with Gasteiger partial charge in [0.25, 0.3) is 0 Å². The van der Waals surface area contributed by atoms with E-state index in [0.717, 1.165) is 32.7 Å². The Morgan fingerprint density at radius 2 is 0.951 bits per heavy atom. The van der Waals surface area contributed by atoms with Crippen molar-refractivity contribution in [3.05, 3.63) is 157 Å². The highest BCUT2D eigenvalue weighted by Gasteiger charge is 2.18. The van der Waals surface area contributed by atoms with Gasteiger partial charge in [0, 0.05) is 11.3 Å². The van der Waals surface area contributed by atoms with Gasteiger partial charge in [0.1, 0.15) is 5.82 Å². The third-order valence-corrected chi connectivity index (χ3v) is 7.38. The molecule has 1 heterocycles. The molecular formula is C39H26N2. The fourth-order valence-corrected chi connectivity index (χ4v) is 5.68. The molecule has 0 aliphatic heterocycles. The molecule has 0 N–H and O–H groups in total. The van der Waals surface area contributed by atoms with Gasteiger partial charge in [0.2, 0.25) is 0 Å². The van der Waals surface area contributed by atoms with Crippen LogP contribution in [0.5, 0.6) is 0 Å². The Morgan fingerprint density at radius 3 is 1.54 bits per heavy atom. The molecule has 0 aliphatic carbocycles. The highest BCUT2D eigenvalue weighted by Crippen LogP contribution is 2.43. The number of rotatable bonds is 4. The Hall–Kier alpha value is -5.47. The number of fused-ring (bicyclic) bond motifs is 3. The first-order chi connectivity index (χ1) is 24.5. The topological polar surface area (TPSA) is 17.8 Å². The van der Waals surface area contributed by atoms with Gasteiger partial charge in [-0.25, -0.2) is 4.98 Å². The molecule has 0 amide bonds. The van der Waals surface area contributed by atoms with Crippen LogP contribution in [0, 0.1) is 0 Å². The van der Waals surface area contributed by atoms with Gasteiger partial charge in [-0.1, -0.05) is 133 Å². The van der Waals surface area contributed by atoms with E-state index < -0.39 is 36.3 Å². The maximum Gasteiger partial charge on any atom is 0.145 e. The van der Waals surface area contributed by atoms with Crippen molar-refractivity contribution >= 4 is 32.6 Å². The summed E-state index contributed by atoms with van der Waals surface area (Å²) in [5, 5.41) is 3.13. The van der Waals surface area contributed by atoms with Gasteiger partial charge in [-0.15, -0.1) is 0 Å². The number of para-hydroxylation sites is 2. The normalized spacial score (nSPS) is 14.8. The van der Waals surface area contributed by atoms with Crippen LogP contribution in [0.4, 0.5) is 0 Å². The van der Waals surface area contributed by atoms with Crippen molar-refractivity contribution in [1.82, 2.24) is 9.55 Å². The van der Waals surface area contributed by atoms with Crippen molar-refractivity contribution in [2.24, 2.45) is 0 Å². The summed E-state index contributed by atoms with van der Waals surface area (Å²) in [5.74, 6) is 0.222. The Kier molecular flexibility index (Phi) is 3.60. The van der Waals surface area contributed by atoms with Crippen LogP contribution in [-0.2, 0) is 0 Å². The van der Waals surface area contributed by atoms with Crippen LogP contribution in [0.3, 0.4) is 0 Å². The molecule has 0 fully saturated rings. The number of benzene rings is 7. The first-order valence-corrected chi connectivity index (χ1v) is 13.2. The molecule has 0 bridgehead atoms. The van der Waals surface area contributed by atoms with Crippen LogP contribution in [0.1, 0.15) is 13.7 Å². The summed E-state index contributed by atoms with van der Waals surface area (Å²) in [6.45, 7) is 0. The summed E-state index contributed by atoms with van der Waals surface area (Å²) < 4.78 is 86.3. The van der Waals surface area contributed by atoms with E-state index in [2.05, 4.69) is 0 Å². The van der Waals surface area contributed by atoms with E-state index in [1.165, 1.54) is 0 Å². The van der Waals surface area contributed by atoms with Gasteiger partial charge in [-0.3, -0.25) is 4.57 Å². The van der Waals surface area contributed by atoms with E-state index in [1.807, 2.05) is 97.1 Å². The van der Waals surface area contributed by atoms with Gasteiger partial charge in [-0.2, -0.15) is 0 Å².